The number of hydrogen-bond donors (Lipinski definition) is 0. The van der Waals surface area contributed by atoms with Gasteiger partial charge in [0.1, 0.15) is 33.7 Å². The topological polar surface area (TPSA) is 42.7 Å². The van der Waals surface area contributed by atoms with E-state index in [4.69, 9.17) is 13.3 Å². The fourth-order valence-corrected chi connectivity index (χ4v) is 9.10. The van der Waals surface area contributed by atoms with Crippen LogP contribution in [-0.4, -0.2) is 0 Å². The van der Waals surface area contributed by atoms with Gasteiger partial charge in [-0.15, -0.1) is 0 Å². The Morgan fingerprint density at radius 1 is 0.464 bits per heavy atom. The van der Waals surface area contributed by atoms with E-state index in [-0.39, 0.29) is 5.92 Å². The summed E-state index contributed by atoms with van der Waals surface area (Å²) in [6.45, 7) is 0. The number of para-hydroxylation sites is 4. The lowest BCUT2D eigenvalue weighted by atomic mass is 9.84. The molecule has 56 heavy (non-hydrogen) atoms. The highest BCUT2D eigenvalue weighted by Crippen LogP contribution is 2.49. The summed E-state index contributed by atoms with van der Waals surface area (Å²) in [4.78, 5) is 2.39. The van der Waals surface area contributed by atoms with Crippen LogP contribution in [0.1, 0.15) is 29.2 Å². The molecule has 1 aliphatic carbocycles. The van der Waals surface area contributed by atoms with Gasteiger partial charge in [-0.05, 0) is 83.4 Å². The van der Waals surface area contributed by atoms with Crippen molar-refractivity contribution in [1.29, 1.82) is 0 Å². The van der Waals surface area contributed by atoms with Crippen molar-refractivity contribution in [2.45, 2.75) is 12.3 Å². The standard InChI is InChI=1S/C52H33NO3/c1-2-13-34-31-49-42(30-33(34)12-1)39-19-9-18-38(52(39)56-49)37-14-3-6-20-43(37)53(44-21-11-25-48-51(44)41-16-5-8-23-46(41)55-48)35-28-26-32(27-29-35)36-17-10-24-47-50(36)40-15-4-7-22-45(40)54-47/h1-16,18-31,36H,17H2. The summed E-state index contributed by atoms with van der Waals surface area (Å²) in [5, 5.41) is 7.92. The van der Waals surface area contributed by atoms with Crippen molar-refractivity contribution in [3.05, 3.63) is 193 Å². The fourth-order valence-electron chi connectivity index (χ4n) is 9.10. The van der Waals surface area contributed by atoms with Crippen LogP contribution in [0.2, 0.25) is 0 Å². The number of rotatable bonds is 5. The van der Waals surface area contributed by atoms with E-state index >= 15 is 0 Å². The molecule has 0 bridgehead atoms. The molecule has 0 saturated heterocycles. The SMILES string of the molecule is C1=Cc2oc3ccccc3c2C(c2ccc(N(c3ccccc3-c3cccc4c3oc3cc5ccccc5cc34)c3cccc4oc5ccccc5c34)cc2)C1. The van der Waals surface area contributed by atoms with Crippen LogP contribution in [0.25, 0.3) is 82.8 Å². The highest BCUT2D eigenvalue weighted by atomic mass is 16.3. The molecule has 4 nitrogen and oxygen atoms in total. The minimum atomic E-state index is 0.192. The molecular formula is C52H33NO3. The van der Waals surface area contributed by atoms with E-state index in [1.165, 1.54) is 21.9 Å². The number of anilines is 3. The van der Waals surface area contributed by atoms with Crippen molar-refractivity contribution < 1.29 is 13.3 Å². The first kappa shape index (κ1) is 31.1. The molecule has 3 heterocycles. The van der Waals surface area contributed by atoms with Crippen molar-refractivity contribution >= 4 is 88.8 Å². The Kier molecular flexibility index (Phi) is 6.72. The molecule has 0 N–H and O–H groups in total. The van der Waals surface area contributed by atoms with Crippen LogP contribution in [-0.2, 0) is 0 Å². The van der Waals surface area contributed by atoms with E-state index in [1.54, 1.807) is 0 Å². The molecule has 0 fully saturated rings. The van der Waals surface area contributed by atoms with E-state index in [0.29, 0.717) is 0 Å². The Labute approximate surface area is 322 Å². The summed E-state index contributed by atoms with van der Waals surface area (Å²) in [6, 6.07) is 60.2. The quantitative estimate of drug-likeness (QED) is 0.178. The van der Waals surface area contributed by atoms with Gasteiger partial charge in [-0.2, -0.15) is 0 Å². The van der Waals surface area contributed by atoms with E-state index < -0.39 is 0 Å². The van der Waals surface area contributed by atoms with Crippen LogP contribution in [0, 0.1) is 0 Å². The zero-order chi connectivity index (χ0) is 36.7. The lowest BCUT2D eigenvalue weighted by Crippen LogP contribution is -2.12. The van der Waals surface area contributed by atoms with Gasteiger partial charge < -0.3 is 18.2 Å². The zero-order valence-corrected chi connectivity index (χ0v) is 30.3. The van der Waals surface area contributed by atoms with Gasteiger partial charge in [0.05, 0.1) is 16.8 Å². The van der Waals surface area contributed by atoms with Gasteiger partial charge in [-0.3, -0.25) is 0 Å². The Balaban J connectivity index is 1.07. The number of furan rings is 3. The molecule has 0 amide bonds. The molecule has 0 radical (unpaired) electrons. The summed E-state index contributed by atoms with van der Waals surface area (Å²) >= 11 is 0. The molecule has 8 aromatic carbocycles. The molecule has 12 rings (SSSR count). The third-order valence-corrected chi connectivity index (χ3v) is 11.6. The average Bonchev–Trinajstić information content (AvgIpc) is 3.95. The smallest absolute Gasteiger partial charge is 0.143 e. The van der Waals surface area contributed by atoms with Gasteiger partial charge in [-0.25, -0.2) is 0 Å². The number of nitrogens with zero attached hydrogens (tertiary/aromatic N) is 1. The van der Waals surface area contributed by atoms with Crippen LogP contribution < -0.4 is 4.90 Å². The van der Waals surface area contributed by atoms with Gasteiger partial charge in [0.25, 0.3) is 0 Å². The summed E-state index contributed by atoms with van der Waals surface area (Å²) in [7, 11) is 0. The minimum Gasteiger partial charge on any atom is -0.456 e. The van der Waals surface area contributed by atoms with Gasteiger partial charge >= 0.3 is 0 Å². The van der Waals surface area contributed by atoms with Gasteiger partial charge in [0.15, 0.2) is 0 Å². The van der Waals surface area contributed by atoms with Gasteiger partial charge in [-0.1, -0.05) is 121 Å². The second kappa shape index (κ2) is 12.1. The maximum atomic E-state index is 6.80. The van der Waals surface area contributed by atoms with Gasteiger partial charge in [0.2, 0.25) is 0 Å². The van der Waals surface area contributed by atoms with Crippen molar-refractivity contribution in [3.8, 4) is 11.1 Å². The molecule has 11 aromatic rings. The van der Waals surface area contributed by atoms with Crippen molar-refractivity contribution in [2.75, 3.05) is 4.90 Å². The van der Waals surface area contributed by atoms with Crippen LogP contribution in [0.4, 0.5) is 17.1 Å². The maximum absolute atomic E-state index is 6.80. The number of hydrogen-bond acceptors (Lipinski definition) is 4. The molecule has 1 atom stereocenters. The zero-order valence-electron chi connectivity index (χ0n) is 30.3. The first-order chi connectivity index (χ1) is 27.8. The monoisotopic (exact) mass is 719 g/mol. The van der Waals surface area contributed by atoms with Crippen LogP contribution in [0.3, 0.4) is 0 Å². The molecule has 3 aromatic heterocycles. The fraction of sp³-hybridized carbons (Fsp3) is 0.0385. The van der Waals surface area contributed by atoms with Crippen LogP contribution >= 0.6 is 0 Å². The van der Waals surface area contributed by atoms with Crippen LogP contribution in [0.15, 0.2) is 189 Å². The maximum Gasteiger partial charge on any atom is 0.143 e. The molecule has 0 saturated carbocycles. The number of allylic oxidation sites excluding steroid dienone is 1. The summed E-state index contributed by atoms with van der Waals surface area (Å²) in [5.41, 5.74) is 12.2. The van der Waals surface area contributed by atoms with E-state index in [1.807, 2.05) is 18.2 Å². The van der Waals surface area contributed by atoms with Crippen molar-refractivity contribution in [2.24, 2.45) is 0 Å². The Hall–Kier alpha value is -7.30. The average molecular weight is 720 g/mol. The second-order valence-electron chi connectivity index (χ2n) is 14.7. The van der Waals surface area contributed by atoms with Crippen LogP contribution in [0.5, 0.6) is 0 Å². The largest absolute Gasteiger partial charge is 0.456 e. The summed E-state index contributed by atoms with van der Waals surface area (Å²) in [5.74, 6) is 1.14. The van der Waals surface area contributed by atoms with E-state index in [0.717, 1.165) is 95.2 Å². The van der Waals surface area contributed by atoms with E-state index in [9.17, 15) is 0 Å². The first-order valence-electron chi connectivity index (χ1n) is 19.2. The first-order valence-corrected chi connectivity index (χ1v) is 19.2. The number of fused-ring (bicyclic) bond motifs is 10. The Morgan fingerprint density at radius 2 is 1.12 bits per heavy atom. The predicted molar refractivity (Wildman–Crippen MR) is 230 cm³/mol. The second-order valence-corrected chi connectivity index (χ2v) is 14.7. The Bertz CT molecular complexity index is 3360. The lowest BCUT2D eigenvalue weighted by molar-refractivity contribution is 0.589. The molecular weight excluding hydrogens is 687 g/mol. The third-order valence-electron chi connectivity index (χ3n) is 11.6. The molecule has 1 aliphatic rings. The normalized spacial score (nSPS) is 14.1. The summed E-state index contributed by atoms with van der Waals surface area (Å²) in [6.07, 6.45) is 5.28. The van der Waals surface area contributed by atoms with Crippen molar-refractivity contribution in [1.82, 2.24) is 0 Å². The van der Waals surface area contributed by atoms with E-state index in [2.05, 4.69) is 169 Å². The lowest BCUT2D eigenvalue weighted by Gasteiger charge is -2.29. The van der Waals surface area contributed by atoms with Gasteiger partial charge in [0, 0.05) is 49.8 Å². The Morgan fingerprint density at radius 3 is 2.00 bits per heavy atom. The third kappa shape index (κ3) is 4.66. The van der Waals surface area contributed by atoms with Crippen molar-refractivity contribution in [3.63, 3.8) is 0 Å². The number of benzene rings is 8. The molecule has 1 unspecified atom stereocenters. The minimum absolute atomic E-state index is 0.192. The molecule has 0 spiro atoms. The predicted octanol–water partition coefficient (Wildman–Crippen LogP) is 15.1. The molecule has 0 aliphatic heterocycles. The highest BCUT2D eigenvalue weighted by Gasteiger charge is 2.27. The summed E-state index contributed by atoms with van der Waals surface area (Å²) < 4.78 is 19.6. The highest BCUT2D eigenvalue weighted by molar-refractivity contribution is 6.16. The molecule has 4 heteroatoms. The molecule has 264 valence electrons.